The molecule has 0 aliphatic rings. The number of hydrogen-bond acceptors (Lipinski definition) is 2. The zero-order chi connectivity index (χ0) is 14.7. The topological polar surface area (TPSA) is 71.3 Å². The first-order valence-corrected chi connectivity index (χ1v) is 6.57. The number of carbonyl (C=O) groups is 2. The Morgan fingerprint density at radius 1 is 1.30 bits per heavy atom. The smallest absolute Gasteiger partial charge is 0.352 e. The number of nitrogens with one attached hydrogen (secondary N) is 1. The number of carbonyl (C=O) groups excluding carboxylic acids is 1. The lowest BCUT2D eigenvalue weighted by Crippen LogP contribution is -2.31. The summed E-state index contributed by atoms with van der Waals surface area (Å²) in [7, 11) is 0. The van der Waals surface area contributed by atoms with Gasteiger partial charge in [0.15, 0.2) is 0 Å². The van der Waals surface area contributed by atoms with E-state index in [4.69, 9.17) is 0 Å². The van der Waals surface area contributed by atoms with E-state index in [1.54, 1.807) is 6.07 Å². The summed E-state index contributed by atoms with van der Waals surface area (Å²) in [5.74, 6) is -0.847. The number of rotatable bonds is 5. The second-order valence-corrected chi connectivity index (χ2v) is 5.18. The predicted molar refractivity (Wildman–Crippen MR) is 76.7 cm³/mol. The molecule has 0 atom stereocenters. The Balaban J connectivity index is 2.30. The van der Waals surface area contributed by atoms with E-state index in [0.29, 0.717) is 12.5 Å². The quantitative estimate of drug-likeness (QED) is 0.877. The van der Waals surface area contributed by atoms with Crippen LogP contribution >= 0.6 is 0 Å². The minimum atomic E-state index is -1.03. The van der Waals surface area contributed by atoms with Crippen LogP contribution in [-0.2, 0) is 11.3 Å². The van der Waals surface area contributed by atoms with Gasteiger partial charge in [0.2, 0.25) is 5.91 Å². The molecular formula is C15H18N2O3. The summed E-state index contributed by atoms with van der Waals surface area (Å²) in [5.41, 5.74) is 0.885. The fourth-order valence-corrected chi connectivity index (χ4v) is 2.08. The van der Waals surface area contributed by atoms with Crippen LogP contribution in [0.2, 0.25) is 0 Å². The third-order valence-corrected chi connectivity index (χ3v) is 3.04. The van der Waals surface area contributed by atoms with Crippen LogP contribution in [0.3, 0.4) is 0 Å². The summed E-state index contributed by atoms with van der Waals surface area (Å²) < 4.78 is 1.54. The van der Waals surface area contributed by atoms with Crippen LogP contribution in [0.15, 0.2) is 30.3 Å². The molecule has 0 saturated heterocycles. The minimum Gasteiger partial charge on any atom is -0.477 e. The molecule has 5 nitrogen and oxygen atoms in total. The molecule has 2 rings (SSSR count). The molecule has 0 unspecified atom stereocenters. The van der Waals surface area contributed by atoms with E-state index in [2.05, 4.69) is 5.32 Å². The molecule has 1 aromatic heterocycles. The molecule has 0 fully saturated rings. The number of para-hydroxylation sites is 1. The number of benzene rings is 1. The molecule has 1 amide bonds. The van der Waals surface area contributed by atoms with E-state index in [9.17, 15) is 14.7 Å². The molecule has 0 radical (unpaired) electrons. The van der Waals surface area contributed by atoms with Crippen LogP contribution in [0.4, 0.5) is 0 Å². The molecule has 2 N–H and O–H groups in total. The molecular weight excluding hydrogens is 256 g/mol. The molecule has 1 aromatic carbocycles. The molecule has 0 aliphatic heterocycles. The number of nitrogens with zero attached hydrogens (tertiary/aromatic N) is 1. The summed E-state index contributed by atoms with van der Waals surface area (Å²) in [6.07, 6.45) is 0. The van der Waals surface area contributed by atoms with Crippen LogP contribution < -0.4 is 5.32 Å². The number of fused-ring (bicyclic) bond motifs is 1. The first-order chi connectivity index (χ1) is 9.49. The first kappa shape index (κ1) is 14.1. The number of hydrogen-bond donors (Lipinski definition) is 2. The van der Waals surface area contributed by atoms with Gasteiger partial charge in [-0.2, -0.15) is 0 Å². The average Bonchev–Trinajstić information content (AvgIpc) is 2.76. The van der Waals surface area contributed by atoms with E-state index >= 15 is 0 Å². The number of aromatic carboxylic acids is 1. The van der Waals surface area contributed by atoms with Crippen molar-refractivity contribution < 1.29 is 14.7 Å². The third kappa shape index (κ3) is 2.99. The van der Waals surface area contributed by atoms with Gasteiger partial charge in [-0.15, -0.1) is 0 Å². The van der Waals surface area contributed by atoms with Gasteiger partial charge in [0, 0.05) is 17.4 Å². The Morgan fingerprint density at radius 2 is 2.00 bits per heavy atom. The molecule has 0 spiro atoms. The lowest BCUT2D eigenvalue weighted by Gasteiger charge is -2.10. The Hall–Kier alpha value is -2.30. The highest BCUT2D eigenvalue weighted by molar-refractivity contribution is 5.95. The summed E-state index contributed by atoms with van der Waals surface area (Å²) >= 11 is 0. The second kappa shape index (κ2) is 5.77. The first-order valence-electron chi connectivity index (χ1n) is 6.57. The van der Waals surface area contributed by atoms with Crippen molar-refractivity contribution in [2.45, 2.75) is 20.4 Å². The zero-order valence-corrected chi connectivity index (χ0v) is 11.6. The van der Waals surface area contributed by atoms with E-state index in [-0.39, 0.29) is 18.1 Å². The van der Waals surface area contributed by atoms with Gasteiger partial charge < -0.3 is 15.0 Å². The van der Waals surface area contributed by atoms with Crippen molar-refractivity contribution in [1.82, 2.24) is 9.88 Å². The standard InChI is InChI=1S/C15H18N2O3/c1-10(2)8-16-14(18)9-17-12-6-4-3-5-11(12)7-13(17)15(19)20/h3-7,10H,8-9H2,1-2H3,(H,16,18)(H,19,20). The lowest BCUT2D eigenvalue weighted by molar-refractivity contribution is -0.121. The predicted octanol–water partition coefficient (Wildman–Crippen LogP) is 2.11. The van der Waals surface area contributed by atoms with Crippen molar-refractivity contribution in [1.29, 1.82) is 0 Å². The van der Waals surface area contributed by atoms with Crippen molar-refractivity contribution in [3.63, 3.8) is 0 Å². The SMILES string of the molecule is CC(C)CNC(=O)Cn1c(C(=O)O)cc2ccccc21. The molecule has 0 aliphatic carbocycles. The molecule has 2 aromatic rings. The Morgan fingerprint density at radius 3 is 2.65 bits per heavy atom. The summed E-state index contributed by atoms with van der Waals surface area (Å²) in [6.45, 7) is 4.62. The molecule has 0 bridgehead atoms. The van der Waals surface area contributed by atoms with Gasteiger partial charge in [-0.25, -0.2) is 4.79 Å². The van der Waals surface area contributed by atoms with Crippen LogP contribution in [0, 0.1) is 5.92 Å². The number of carboxylic acids is 1. The van der Waals surface area contributed by atoms with Crippen LogP contribution in [0.25, 0.3) is 10.9 Å². The van der Waals surface area contributed by atoms with Gasteiger partial charge in [0.05, 0.1) is 0 Å². The largest absolute Gasteiger partial charge is 0.477 e. The molecule has 0 saturated carbocycles. The maximum atomic E-state index is 11.9. The Bertz CT molecular complexity index is 644. The highest BCUT2D eigenvalue weighted by Gasteiger charge is 2.16. The minimum absolute atomic E-state index is 0.0157. The normalized spacial score (nSPS) is 10.9. The highest BCUT2D eigenvalue weighted by Crippen LogP contribution is 2.19. The van der Waals surface area contributed by atoms with E-state index in [0.717, 1.165) is 10.9 Å². The van der Waals surface area contributed by atoms with Crippen LogP contribution in [-0.4, -0.2) is 28.1 Å². The van der Waals surface area contributed by atoms with Gasteiger partial charge >= 0.3 is 5.97 Å². The lowest BCUT2D eigenvalue weighted by atomic mass is 10.2. The van der Waals surface area contributed by atoms with E-state index in [1.165, 1.54) is 4.57 Å². The second-order valence-electron chi connectivity index (χ2n) is 5.18. The number of carboxylic acid groups (broad SMARTS) is 1. The highest BCUT2D eigenvalue weighted by atomic mass is 16.4. The third-order valence-electron chi connectivity index (χ3n) is 3.04. The van der Waals surface area contributed by atoms with Crippen molar-refractivity contribution in [3.8, 4) is 0 Å². The van der Waals surface area contributed by atoms with Gasteiger partial charge in [0.25, 0.3) is 0 Å². The maximum absolute atomic E-state index is 11.9. The summed E-state index contributed by atoms with van der Waals surface area (Å²) in [4.78, 5) is 23.2. The zero-order valence-electron chi connectivity index (χ0n) is 11.6. The Labute approximate surface area is 117 Å². The molecule has 5 heteroatoms. The maximum Gasteiger partial charge on any atom is 0.352 e. The monoisotopic (exact) mass is 274 g/mol. The number of aromatic nitrogens is 1. The number of amides is 1. The van der Waals surface area contributed by atoms with Gasteiger partial charge in [-0.3, -0.25) is 4.79 Å². The summed E-state index contributed by atoms with van der Waals surface area (Å²) in [5, 5.41) is 12.9. The fourth-order valence-electron chi connectivity index (χ4n) is 2.08. The van der Waals surface area contributed by atoms with Crippen molar-refractivity contribution in [2.24, 2.45) is 5.92 Å². The molecule has 106 valence electrons. The van der Waals surface area contributed by atoms with Crippen LogP contribution in [0.1, 0.15) is 24.3 Å². The van der Waals surface area contributed by atoms with E-state index < -0.39 is 5.97 Å². The summed E-state index contributed by atoms with van der Waals surface area (Å²) in [6, 6.07) is 8.92. The van der Waals surface area contributed by atoms with E-state index in [1.807, 2.05) is 38.1 Å². The van der Waals surface area contributed by atoms with Gasteiger partial charge in [-0.05, 0) is 18.1 Å². The Kier molecular flexibility index (Phi) is 4.08. The molecule has 1 heterocycles. The van der Waals surface area contributed by atoms with Gasteiger partial charge in [-0.1, -0.05) is 32.0 Å². The molecule has 20 heavy (non-hydrogen) atoms. The van der Waals surface area contributed by atoms with Crippen molar-refractivity contribution in [2.75, 3.05) is 6.54 Å². The van der Waals surface area contributed by atoms with Gasteiger partial charge in [0.1, 0.15) is 12.2 Å². The average molecular weight is 274 g/mol. The van der Waals surface area contributed by atoms with Crippen molar-refractivity contribution in [3.05, 3.63) is 36.0 Å². The fraction of sp³-hybridized carbons (Fsp3) is 0.333. The van der Waals surface area contributed by atoms with Crippen LogP contribution in [0.5, 0.6) is 0 Å². The van der Waals surface area contributed by atoms with Crippen molar-refractivity contribution >= 4 is 22.8 Å².